The van der Waals surface area contributed by atoms with Crippen LogP contribution < -0.4 is 5.32 Å². The van der Waals surface area contributed by atoms with Crippen molar-refractivity contribution in [3.63, 3.8) is 0 Å². The van der Waals surface area contributed by atoms with E-state index in [1.165, 1.54) is 0 Å². The number of piperidine rings is 3. The lowest BCUT2D eigenvalue weighted by molar-refractivity contribution is -0.127. The summed E-state index contributed by atoms with van der Waals surface area (Å²) in [4.78, 5) is 15.2. The largest absolute Gasteiger partial charge is 0.326 e. The fourth-order valence-electron chi connectivity index (χ4n) is 4.33. The molecule has 1 N–H and O–H groups in total. The van der Waals surface area contributed by atoms with Crippen molar-refractivity contribution >= 4 is 11.6 Å². The Hall–Kier alpha value is -2.21. The van der Waals surface area contributed by atoms with Gasteiger partial charge in [0.25, 0.3) is 0 Å². The lowest BCUT2D eigenvalue weighted by Gasteiger charge is -2.49. The van der Waals surface area contributed by atoms with E-state index in [1.807, 2.05) is 35.0 Å². The molecule has 3 aliphatic rings. The molecule has 3 saturated heterocycles. The maximum absolute atomic E-state index is 12.8. The molecule has 6 nitrogen and oxygen atoms in total. The van der Waals surface area contributed by atoms with E-state index >= 15 is 0 Å². The highest BCUT2D eigenvalue weighted by molar-refractivity contribution is 5.93. The second-order valence-corrected chi connectivity index (χ2v) is 8.97. The van der Waals surface area contributed by atoms with Crippen LogP contribution in [0.25, 0.3) is 0 Å². The number of carbonyl (C=O) groups excluding carboxylic acids is 1. The summed E-state index contributed by atoms with van der Waals surface area (Å²) in [6, 6.07) is 10.2. The van der Waals surface area contributed by atoms with E-state index in [2.05, 4.69) is 47.5 Å². The topological polar surface area (TPSA) is 63.1 Å². The second kappa shape index (κ2) is 7.08. The summed E-state index contributed by atoms with van der Waals surface area (Å²) in [5, 5.41) is 11.8. The van der Waals surface area contributed by atoms with Crippen molar-refractivity contribution in [1.29, 1.82) is 0 Å². The van der Waals surface area contributed by atoms with Crippen LogP contribution in [0, 0.1) is 11.8 Å². The normalized spacial score (nSPS) is 27.5. The summed E-state index contributed by atoms with van der Waals surface area (Å²) < 4.78 is 1.98. The van der Waals surface area contributed by atoms with Crippen LogP contribution in [0.15, 0.2) is 36.5 Å². The molecule has 4 atom stereocenters. The third-order valence-electron chi connectivity index (χ3n) is 5.96. The molecule has 3 aliphatic heterocycles. The number of aromatic nitrogens is 3. The number of fused-ring (bicyclic) bond motifs is 3. The molecule has 1 aromatic heterocycles. The SMILES string of the molecule is CC(C)(C)c1cn(C[C@H]2CC3CCN2C[C@@H]3C(=O)Nc2ccccc2)nn1. The zero-order valence-electron chi connectivity index (χ0n) is 16.4. The molecule has 6 heteroatoms. The first-order valence-electron chi connectivity index (χ1n) is 9.91. The van der Waals surface area contributed by atoms with Crippen LogP contribution >= 0.6 is 0 Å². The summed E-state index contributed by atoms with van der Waals surface area (Å²) in [7, 11) is 0. The van der Waals surface area contributed by atoms with E-state index < -0.39 is 0 Å². The van der Waals surface area contributed by atoms with Gasteiger partial charge in [-0.05, 0) is 37.4 Å². The van der Waals surface area contributed by atoms with Crippen LogP contribution in [0.1, 0.15) is 39.3 Å². The highest BCUT2D eigenvalue weighted by Gasteiger charge is 2.43. The summed E-state index contributed by atoms with van der Waals surface area (Å²) >= 11 is 0. The van der Waals surface area contributed by atoms with E-state index in [9.17, 15) is 4.79 Å². The van der Waals surface area contributed by atoms with Crippen LogP contribution in [-0.4, -0.2) is 44.9 Å². The van der Waals surface area contributed by atoms with Gasteiger partial charge >= 0.3 is 0 Å². The average molecular weight is 367 g/mol. The van der Waals surface area contributed by atoms with E-state index in [-0.39, 0.29) is 17.2 Å². The van der Waals surface area contributed by atoms with Gasteiger partial charge in [0.1, 0.15) is 0 Å². The Morgan fingerprint density at radius 3 is 2.67 bits per heavy atom. The number of anilines is 1. The number of benzene rings is 1. The molecule has 0 radical (unpaired) electrons. The van der Waals surface area contributed by atoms with E-state index in [1.54, 1.807) is 0 Å². The van der Waals surface area contributed by atoms with Crippen molar-refractivity contribution in [1.82, 2.24) is 19.9 Å². The van der Waals surface area contributed by atoms with Crippen molar-refractivity contribution < 1.29 is 4.79 Å². The van der Waals surface area contributed by atoms with Gasteiger partial charge in [-0.2, -0.15) is 0 Å². The number of hydrogen-bond acceptors (Lipinski definition) is 4. The van der Waals surface area contributed by atoms with E-state index in [0.29, 0.717) is 12.0 Å². The van der Waals surface area contributed by atoms with Gasteiger partial charge in [0.05, 0.1) is 18.2 Å². The Kier molecular flexibility index (Phi) is 4.76. The Balaban J connectivity index is 1.39. The Morgan fingerprint density at radius 1 is 1.26 bits per heavy atom. The summed E-state index contributed by atoms with van der Waals surface area (Å²) in [5.41, 5.74) is 1.93. The van der Waals surface area contributed by atoms with Gasteiger partial charge in [-0.15, -0.1) is 5.10 Å². The average Bonchev–Trinajstić information content (AvgIpc) is 3.12. The molecule has 0 aliphatic carbocycles. The predicted molar refractivity (Wildman–Crippen MR) is 105 cm³/mol. The van der Waals surface area contributed by atoms with Crippen molar-refractivity contribution in [3.05, 3.63) is 42.2 Å². The maximum atomic E-state index is 12.8. The first kappa shape index (κ1) is 18.2. The molecule has 5 rings (SSSR count). The standard InChI is InChI=1S/C21H29N5O/c1-21(2,3)19-14-26(24-23-19)12-17-11-15-9-10-25(17)13-18(15)20(27)22-16-7-5-4-6-8-16/h4-8,14-15,17-18H,9-13H2,1-3H3,(H,22,27)/t15?,17-,18+/m1/s1. The molecule has 0 spiro atoms. The minimum absolute atomic E-state index is 0.0186. The van der Waals surface area contributed by atoms with E-state index in [0.717, 1.165) is 43.9 Å². The lowest BCUT2D eigenvalue weighted by Crippen LogP contribution is -2.57. The van der Waals surface area contributed by atoms with E-state index in [4.69, 9.17) is 0 Å². The molecule has 1 aromatic carbocycles. The minimum atomic E-state index is 0.0186. The van der Waals surface area contributed by atoms with Crippen LogP contribution in [-0.2, 0) is 16.8 Å². The molecular formula is C21H29N5O. The van der Waals surface area contributed by atoms with Crippen LogP contribution in [0.4, 0.5) is 5.69 Å². The molecule has 2 unspecified atom stereocenters. The fraction of sp³-hybridized carbons (Fsp3) is 0.571. The number of carbonyl (C=O) groups is 1. The Morgan fingerprint density at radius 2 is 2.04 bits per heavy atom. The van der Waals surface area contributed by atoms with Gasteiger partial charge in [0.2, 0.25) is 5.91 Å². The minimum Gasteiger partial charge on any atom is -0.326 e. The predicted octanol–water partition coefficient (Wildman–Crippen LogP) is 2.92. The molecule has 27 heavy (non-hydrogen) atoms. The van der Waals surface area contributed by atoms with Gasteiger partial charge in [-0.3, -0.25) is 14.4 Å². The number of nitrogens with zero attached hydrogens (tertiary/aromatic N) is 4. The van der Waals surface area contributed by atoms with Crippen molar-refractivity contribution in [2.45, 2.75) is 51.6 Å². The van der Waals surface area contributed by atoms with Crippen molar-refractivity contribution in [2.75, 3.05) is 18.4 Å². The Bertz CT molecular complexity index is 794. The van der Waals surface area contributed by atoms with Crippen molar-refractivity contribution in [3.8, 4) is 0 Å². The Labute approximate surface area is 160 Å². The third-order valence-corrected chi connectivity index (χ3v) is 5.96. The molecule has 144 valence electrons. The first-order valence-corrected chi connectivity index (χ1v) is 9.91. The molecule has 2 bridgehead atoms. The number of hydrogen-bond donors (Lipinski definition) is 1. The second-order valence-electron chi connectivity index (χ2n) is 8.97. The zero-order valence-corrected chi connectivity index (χ0v) is 16.4. The summed E-state index contributed by atoms with van der Waals surface area (Å²) in [5.74, 6) is 0.690. The molecule has 2 aromatic rings. The van der Waals surface area contributed by atoms with Crippen molar-refractivity contribution in [2.24, 2.45) is 11.8 Å². The van der Waals surface area contributed by atoms with Gasteiger partial charge in [-0.1, -0.05) is 44.2 Å². The van der Waals surface area contributed by atoms with Crippen LogP contribution in [0.3, 0.4) is 0 Å². The quantitative estimate of drug-likeness (QED) is 0.902. The molecule has 3 fully saturated rings. The van der Waals surface area contributed by atoms with Crippen LogP contribution in [0.5, 0.6) is 0 Å². The number of amides is 1. The monoisotopic (exact) mass is 367 g/mol. The summed E-state index contributed by atoms with van der Waals surface area (Å²) in [6.07, 6.45) is 4.23. The molecule has 1 amide bonds. The lowest BCUT2D eigenvalue weighted by atomic mass is 9.75. The third kappa shape index (κ3) is 3.90. The summed E-state index contributed by atoms with van der Waals surface area (Å²) in [6.45, 7) is 9.24. The van der Waals surface area contributed by atoms with Gasteiger partial charge in [0.15, 0.2) is 0 Å². The zero-order chi connectivity index (χ0) is 19.0. The number of nitrogens with one attached hydrogen (secondary N) is 1. The molecular weight excluding hydrogens is 338 g/mol. The molecule has 0 saturated carbocycles. The number of rotatable bonds is 4. The maximum Gasteiger partial charge on any atom is 0.229 e. The highest BCUT2D eigenvalue weighted by atomic mass is 16.2. The number of para-hydroxylation sites is 1. The van der Waals surface area contributed by atoms with Gasteiger partial charge in [-0.25, -0.2) is 0 Å². The van der Waals surface area contributed by atoms with Gasteiger partial charge < -0.3 is 5.32 Å². The fourth-order valence-corrected chi connectivity index (χ4v) is 4.33. The smallest absolute Gasteiger partial charge is 0.229 e. The molecule has 4 heterocycles. The highest BCUT2D eigenvalue weighted by Crippen LogP contribution is 2.37. The first-order chi connectivity index (χ1) is 12.9. The van der Waals surface area contributed by atoms with Gasteiger partial charge in [0, 0.05) is 29.9 Å². The van der Waals surface area contributed by atoms with Crippen LogP contribution in [0.2, 0.25) is 0 Å².